The van der Waals surface area contributed by atoms with E-state index in [4.69, 9.17) is 4.74 Å². The lowest BCUT2D eigenvalue weighted by molar-refractivity contribution is -0.125. The Morgan fingerprint density at radius 1 is 0.920 bits per heavy atom. The van der Waals surface area contributed by atoms with Crippen molar-refractivity contribution in [1.29, 1.82) is 0 Å². The van der Waals surface area contributed by atoms with Crippen molar-refractivity contribution < 1.29 is 22.3 Å². The molecule has 6 heteroatoms. The van der Waals surface area contributed by atoms with E-state index in [1.165, 1.54) is 36.4 Å². The second-order valence-corrected chi connectivity index (χ2v) is 8.46. The minimum atomic E-state index is -3.31. The van der Waals surface area contributed by atoms with Crippen molar-refractivity contribution in [3.63, 3.8) is 0 Å². The van der Waals surface area contributed by atoms with Crippen LogP contribution in [0.4, 0.5) is 4.39 Å². The van der Waals surface area contributed by atoms with Crippen LogP contribution in [0.5, 0.6) is 0 Å². The second kappa shape index (κ2) is 5.81. The fourth-order valence-corrected chi connectivity index (χ4v) is 3.32. The van der Waals surface area contributed by atoms with Crippen molar-refractivity contribution in [3.05, 3.63) is 65.5 Å². The van der Waals surface area contributed by atoms with Crippen LogP contribution in [0.3, 0.4) is 0 Å². The largest absolute Gasteiger partial charge is 0.478 e. The van der Waals surface area contributed by atoms with Gasteiger partial charge in [-0.3, -0.25) is 4.79 Å². The molecule has 130 valence electrons. The molecule has 1 heterocycles. The SMILES string of the molecule is CC1(C)OC(c2ccc(S(C)(=O)=O)cc2)=C(c2ccc(F)cc2)C1=O. The first-order chi connectivity index (χ1) is 11.6. The van der Waals surface area contributed by atoms with E-state index in [-0.39, 0.29) is 10.7 Å². The van der Waals surface area contributed by atoms with E-state index in [1.54, 1.807) is 26.0 Å². The number of halogens is 1. The molecule has 1 aliphatic rings. The summed E-state index contributed by atoms with van der Waals surface area (Å²) in [5, 5.41) is 0. The van der Waals surface area contributed by atoms with Gasteiger partial charge in [-0.05, 0) is 55.8 Å². The summed E-state index contributed by atoms with van der Waals surface area (Å²) >= 11 is 0. The third kappa shape index (κ3) is 3.22. The van der Waals surface area contributed by atoms with Gasteiger partial charge in [0, 0.05) is 11.8 Å². The van der Waals surface area contributed by atoms with Crippen molar-refractivity contribution in [2.45, 2.75) is 24.3 Å². The van der Waals surface area contributed by atoms with E-state index in [2.05, 4.69) is 0 Å². The quantitative estimate of drug-likeness (QED) is 0.841. The summed E-state index contributed by atoms with van der Waals surface area (Å²) in [6.07, 6.45) is 1.13. The summed E-state index contributed by atoms with van der Waals surface area (Å²) in [7, 11) is -3.31. The monoisotopic (exact) mass is 360 g/mol. The summed E-state index contributed by atoms with van der Waals surface area (Å²) in [4.78, 5) is 12.9. The average molecular weight is 360 g/mol. The lowest BCUT2D eigenvalue weighted by Gasteiger charge is -2.17. The number of hydrogen-bond acceptors (Lipinski definition) is 4. The van der Waals surface area contributed by atoms with Gasteiger partial charge in [-0.2, -0.15) is 0 Å². The fourth-order valence-electron chi connectivity index (χ4n) is 2.69. The maximum Gasteiger partial charge on any atom is 0.210 e. The molecule has 0 aromatic heterocycles. The molecule has 3 rings (SSSR count). The molecular weight excluding hydrogens is 343 g/mol. The molecule has 0 N–H and O–H groups in total. The predicted octanol–water partition coefficient (Wildman–Crippen LogP) is 3.48. The standard InChI is InChI=1S/C19H17FO4S/c1-19(2)18(21)16(12-4-8-14(20)9-5-12)17(24-19)13-6-10-15(11-7-13)25(3,22)23/h4-11H,1-3H3. The van der Waals surface area contributed by atoms with Gasteiger partial charge in [-0.15, -0.1) is 0 Å². The van der Waals surface area contributed by atoms with Crippen LogP contribution < -0.4 is 0 Å². The van der Waals surface area contributed by atoms with Crippen LogP contribution in [0, 0.1) is 5.82 Å². The first-order valence-electron chi connectivity index (χ1n) is 7.64. The molecule has 0 spiro atoms. The number of ketones is 1. The van der Waals surface area contributed by atoms with Crippen molar-refractivity contribution in [2.75, 3.05) is 6.26 Å². The summed E-state index contributed by atoms with van der Waals surface area (Å²) in [5.41, 5.74) is 0.455. The Kier molecular flexibility index (Phi) is 4.03. The summed E-state index contributed by atoms with van der Waals surface area (Å²) < 4.78 is 42.3. The van der Waals surface area contributed by atoms with E-state index in [9.17, 15) is 17.6 Å². The number of rotatable bonds is 3. The Morgan fingerprint density at radius 2 is 1.44 bits per heavy atom. The molecule has 0 fully saturated rings. The number of sulfone groups is 1. The number of carbonyl (C=O) groups excluding carboxylic acids is 1. The van der Waals surface area contributed by atoms with Crippen molar-refractivity contribution in [2.24, 2.45) is 0 Å². The Hall–Kier alpha value is -2.47. The van der Waals surface area contributed by atoms with Crippen LogP contribution >= 0.6 is 0 Å². The Bertz CT molecular complexity index is 969. The Balaban J connectivity index is 2.15. The molecule has 0 aliphatic carbocycles. The van der Waals surface area contributed by atoms with Gasteiger partial charge in [0.2, 0.25) is 5.78 Å². The normalized spacial score (nSPS) is 16.9. The minimum absolute atomic E-state index is 0.184. The summed E-state index contributed by atoms with van der Waals surface area (Å²) in [5.74, 6) is -0.239. The molecule has 0 saturated heterocycles. The van der Waals surface area contributed by atoms with Gasteiger partial charge in [0.05, 0.1) is 10.5 Å². The molecule has 4 nitrogen and oxygen atoms in total. The maximum atomic E-state index is 13.2. The molecule has 25 heavy (non-hydrogen) atoms. The maximum absolute atomic E-state index is 13.2. The fraction of sp³-hybridized carbons (Fsp3) is 0.211. The van der Waals surface area contributed by atoms with Crippen LogP contribution in [-0.4, -0.2) is 26.1 Å². The molecule has 0 amide bonds. The van der Waals surface area contributed by atoms with Crippen LogP contribution in [0.15, 0.2) is 53.4 Å². The summed E-state index contributed by atoms with van der Waals surface area (Å²) in [6, 6.07) is 11.8. The van der Waals surface area contributed by atoms with E-state index in [0.29, 0.717) is 22.5 Å². The topological polar surface area (TPSA) is 60.4 Å². The highest BCUT2D eigenvalue weighted by molar-refractivity contribution is 7.90. The van der Waals surface area contributed by atoms with Crippen LogP contribution in [0.25, 0.3) is 11.3 Å². The Labute approximate surface area is 145 Å². The zero-order chi connectivity index (χ0) is 18.4. The van der Waals surface area contributed by atoms with Crippen LogP contribution in [0.1, 0.15) is 25.0 Å². The van der Waals surface area contributed by atoms with Crippen LogP contribution in [0.2, 0.25) is 0 Å². The van der Waals surface area contributed by atoms with Gasteiger partial charge >= 0.3 is 0 Å². The molecule has 0 unspecified atom stereocenters. The first kappa shape index (κ1) is 17.4. The number of carbonyl (C=O) groups is 1. The lowest BCUT2D eigenvalue weighted by Crippen LogP contribution is -2.29. The van der Waals surface area contributed by atoms with E-state index in [1.807, 2.05) is 0 Å². The second-order valence-electron chi connectivity index (χ2n) is 6.45. The van der Waals surface area contributed by atoms with Crippen molar-refractivity contribution >= 4 is 27.0 Å². The highest BCUT2D eigenvalue weighted by Gasteiger charge is 2.42. The molecule has 0 radical (unpaired) electrons. The third-order valence-corrected chi connectivity index (χ3v) is 5.16. The zero-order valence-electron chi connectivity index (χ0n) is 14.0. The molecule has 2 aromatic carbocycles. The Morgan fingerprint density at radius 3 is 1.96 bits per heavy atom. The van der Waals surface area contributed by atoms with Gasteiger partial charge in [-0.25, -0.2) is 12.8 Å². The number of hydrogen-bond donors (Lipinski definition) is 0. The molecule has 1 aliphatic heterocycles. The van der Waals surface area contributed by atoms with Gasteiger partial charge in [0.15, 0.2) is 15.4 Å². The van der Waals surface area contributed by atoms with Gasteiger partial charge in [0.1, 0.15) is 11.6 Å². The van der Waals surface area contributed by atoms with Crippen molar-refractivity contribution in [1.82, 2.24) is 0 Å². The van der Waals surface area contributed by atoms with E-state index in [0.717, 1.165) is 6.26 Å². The first-order valence-corrected chi connectivity index (χ1v) is 9.53. The highest BCUT2D eigenvalue weighted by atomic mass is 32.2. The molecular formula is C19H17FO4S. The number of Topliss-reactive ketones (excluding diaryl/α,β-unsaturated/α-hetero) is 1. The van der Waals surface area contributed by atoms with E-state index >= 15 is 0 Å². The molecule has 2 aromatic rings. The molecule has 0 atom stereocenters. The number of ether oxygens (including phenoxy) is 1. The van der Waals surface area contributed by atoms with Gasteiger partial charge < -0.3 is 4.74 Å². The molecule has 0 saturated carbocycles. The van der Waals surface area contributed by atoms with Gasteiger partial charge in [0.25, 0.3) is 0 Å². The highest BCUT2D eigenvalue weighted by Crippen LogP contribution is 2.41. The smallest absolute Gasteiger partial charge is 0.210 e. The lowest BCUT2D eigenvalue weighted by atomic mass is 9.92. The average Bonchev–Trinajstić information content (AvgIpc) is 2.78. The molecule has 0 bridgehead atoms. The minimum Gasteiger partial charge on any atom is -0.478 e. The number of benzene rings is 2. The zero-order valence-corrected chi connectivity index (χ0v) is 14.9. The summed E-state index contributed by atoms with van der Waals surface area (Å²) in [6.45, 7) is 3.33. The third-order valence-electron chi connectivity index (χ3n) is 4.04. The van der Waals surface area contributed by atoms with E-state index < -0.39 is 21.3 Å². The predicted molar refractivity (Wildman–Crippen MR) is 92.9 cm³/mol. The van der Waals surface area contributed by atoms with Crippen LogP contribution in [-0.2, 0) is 19.4 Å². The van der Waals surface area contributed by atoms with Gasteiger partial charge in [-0.1, -0.05) is 12.1 Å². The van der Waals surface area contributed by atoms with Crippen molar-refractivity contribution in [3.8, 4) is 0 Å².